The Balaban J connectivity index is 1.96. The van der Waals surface area contributed by atoms with Gasteiger partial charge in [-0.2, -0.15) is 0 Å². The summed E-state index contributed by atoms with van der Waals surface area (Å²) in [4.78, 5) is 23.7. The molecule has 0 aliphatic rings. The minimum Gasteiger partial charge on any atom is -0.452 e. The van der Waals surface area contributed by atoms with Gasteiger partial charge in [0.1, 0.15) is 5.82 Å². The van der Waals surface area contributed by atoms with Gasteiger partial charge < -0.3 is 10.1 Å². The van der Waals surface area contributed by atoms with Crippen molar-refractivity contribution in [1.82, 2.24) is 0 Å². The van der Waals surface area contributed by atoms with Crippen molar-refractivity contribution in [2.75, 3.05) is 11.9 Å². The summed E-state index contributed by atoms with van der Waals surface area (Å²) in [6.07, 6.45) is 0. The van der Waals surface area contributed by atoms with Crippen LogP contribution in [0, 0.1) is 12.7 Å². The number of carbonyl (C=O) groups is 2. The lowest BCUT2D eigenvalue weighted by atomic mass is 10.2. The molecule has 0 fully saturated rings. The SMILES string of the molecule is Cc1c(Cl)cccc1NC(=O)COC(=O)c1ccc(F)cc1Br. The van der Waals surface area contributed by atoms with E-state index in [1.54, 1.807) is 25.1 Å². The average molecular weight is 401 g/mol. The van der Waals surface area contributed by atoms with Crippen LogP contribution in [0.2, 0.25) is 5.02 Å². The number of anilines is 1. The lowest BCUT2D eigenvalue weighted by molar-refractivity contribution is -0.119. The van der Waals surface area contributed by atoms with Gasteiger partial charge in [-0.3, -0.25) is 4.79 Å². The van der Waals surface area contributed by atoms with Gasteiger partial charge in [0.25, 0.3) is 5.91 Å². The van der Waals surface area contributed by atoms with Crippen LogP contribution in [-0.4, -0.2) is 18.5 Å². The van der Waals surface area contributed by atoms with Gasteiger partial charge in [-0.25, -0.2) is 9.18 Å². The summed E-state index contributed by atoms with van der Waals surface area (Å²) in [6.45, 7) is 1.30. The average Bonchev–Trinajstić information content (AvgIpc) is 2.49. The molecule has 0 saturated heterocycles. The normalized spacial score (nSPS) is 10.3. The summed E-state index contributed by atoms with van der Waals surface area (Å²) in [5.74, 6) is -1.71. The summed E-state index contributed by atoms with van der Waals surface area (Å²) < 4.78 is 18.2. The number of hydrogen-bond acceptors (Lipinski definition) is 3. The zero-order valence-corrected chi connectivity index (χ0v) is 14.4. The minimum atomic E-state index is -0.727. The molecule has 0 heterocycles. The number of amides is 1. The Kier molecular flexibility index (Phi) is 5.74. The Morgan fingerprint density at radius 2 is 2.04 bits per heavy atom. The smallest absolute Gasteiger partial charge is 0.339 e. The van der Waals surface area contributed by atoms with E-state index in [1.165, 1.54) is 6.07 Å². The van der Waals surface area contributed by atoms with Crippen LogP contribution >= 0.6 is 27.5 Å². The standard InChI is InChI=1S/C16H12BrClFNO3/c1-9-13(18)3-2-4-14(9)20-15(21)8-23-16(22)11-6-5-10(19)7-12(11)17/h2-7H,8H2,1H3,(H,20,21). The highest BCUT2D eigenvalue weighted by Crippen LogP contribution is 2.23. The van der Waals surface area contributed by atoms with Crippen molar-refractivity contribution >= 4 is 45.1 Å². The fourth-order valence-electron chi connectivity index (χ4n) is 1.79. The summed E-state index contributed by atoms with van der Waals surface area (Å²) in [5.41, 5.74) is 1.40. The molecule has 0 aliphatic carbocycles. The van der Waals surface area contributed by atoms with Crippen LogP contribution in [-0.2, 0) is 9.53 Å². The van der Waals surface area contributed by atoms with Crippen molar-refractivity contribution in [1.29, 1.82) is 0 Å². The first-order valence-electron chi connectivity index (χ1n) is 6.55. The molecule has 0 bridgehead atoms. The van der Waals surface area contributed by atoms with Gasteiger partial charge in [-0.1, -0.05) is 17.7 Å². The molecule has 0 saturated carbocycles. The Morgan fingerprint density at radius 3 is 2.74 bits per heavy atom. The van der Waals surface area contributed by atoms with Gasteiger partial charge in [0.2, 0.25) is 0 Å². The third-order valence-electron chi connectivity index (χ3n) is 3.03. The van der Waals surface area contributed by atoms with Crippen molar-refractivity contribution in [2.45, 2.75) is 6.92 Å². The zero-order valence-electron chi connectivity index (χ0n) is 12.0. The summed E-state index contributed by atoms with van der Waals surface area (Å²) >= 11 is 9.03. The molecule has 1 N–H and O–H groups in total. The molecule has 0 atom stereocenters. The highest BCUT2D eigenvalue weighted by atomic mass is 79.9. The number of rotatable bonds is 4. The Labute approximate surface area is 145 Å². The second-order valence-corrected chi connectivity index (χ2v) is 5.92. The summed E-state index contributed by atoms with van der Waals surface area (Å²) in [7, 11) is 0. The van der Waals surface area contributed by atoms with Gasteiger partial charge in [0.15, 0.2) is 6.61 Å². The van der Waals surface area contributed by atoms with Crippen LogP contribution in [0.4, 0.5) is 10.1 Å². The van der Waals surface area contributed by atoms with Crippen LogP contribution in [0.25, 0.3) is 0 Å². The first-order chi connectivity index (χ1) is 10.9. The predicted molar refractivity (Wildman–Crippen MR) is 89.2 cm³/mol. The van der Waals surface area contributed by atoms with Crippen molar-refractivity contribution in [3.63, 3.8) is 0 Å². The minimum absolute atomic E-state index is 0.137. The van der Waals surface area contributed by atoms with E-state index in [9.17, 15) is 14.0 Å². The summed E-state index contributed by atoms with van der Waals surface area (Å²) in [6, 6.07) is 8.66. The van der Waals surface area contributed by atoms with E-state index in [-0.39, 0.29) is 10.0 Å². The second kappa shape index (κ2) is 7.57. The monoisotopic (exact) mass is 399 g/mol. The number of nitrogens with one attached hydrogen (secondary N) is 1. The molecule has 0 aromatic heterocycles. The van der Waals surface area contributed by atoms with Crippen LogP contribution in [0.15, 0.2) is 40.9 Å². The maximum absolute atomic E-state index is 13.0. The van der Waals surface area contributed by atoms with Crippen molar-refractivity contribution in [2.24, 2.45) is 0 Å². The molecular formula is C16H12BrClFNO3. The second-order valence-electron chi connectivity index (χ2n) is 4.66. The van der Waals surface area contributed by atoms with E-state index < -0.39 is 24.3 Å². The van der Waals surface area contributed by atoms with Gasteiger partial charge in [0.05, 0.1) is 5.56 Å². The quantitative estimate of drug-likeness (QED) is 0.777. The fourth-order valence-corrected chi connectivity index (χ4v) is 2.48. The highest BCUT2D eigenvalue weighted by molar-refractivity contribution is 9.10. The molecule has 23 heavy (non-hydrogen) atoms. The number of esters is 1. The Hall–Kier alpha value is -1.92. The molecule has 0 radical (unpaired) electrons. The van der Waals surface area contributed by atoms with E-state index in [4.69, 9.17) is 16.3 Å². The molecule has 7 heteroatoms. The molecule has 120 valence electrons. The van der Waals surface area contributed by atoms with Crippen molar-refractivity contribution < 1.29 is 18.7 Å². The third kappa shape index (κ3) is 4.53. The lowest BCUT2D eigenvalue weighted by Gasteiger charge is -2.10. The maximum atomic E-state index is 13.0. The largest absolute Gasteiger partial charge is 0.452 e. The first-order valence-corrected chi connectivity index (χ1v) is 7.72. The number of hydrogen-bond donors (Lipinski definition) is 1. The van der Waals surface area contributed by atoms with E-state index in [0.717, 1.165) is 17.7 Å². The number of ether oxygens (including phenoxy) is 1. The molecule has 2 rings (SSSR count). The van der Waals surface area contributed by atoms with E-state index in [2.05, 4.69) is 21.2 Å². The molecule has 4 nitrogen and oxygen atoms in total. The number of benzene rings is 2. The van der Waals surface area contributed by atoms with Crippen molar-refractivity contribution in [3.05, 3.63) is 62.8 Å². The van der Waals surface area contributed by atoms with Gasteiger partial charge in [-0.15, -0.1) is 0 Å². The lowest BCUT2D eigenvalue weighted by Crippen LogP contribution is -2.21. The first kappa shape index (κ1) is 17.4. The molecule has 0 spiro atoms. The summed E-state index contributed by atoms with van der Waals surface area (Å²) in [5, 5.41) is 3.13. The highest BCUT2D eigenvalue weighted by Gasteiger charge is 2.14. The van der Waals surface area contributed by atoms with Crippen LogP contribution < -0.4 is 5.32 Å². The number of carbonyl (C=O) groups excluding carboxylic acids is 2. The molecule has 0 aliphatic heterocycles. The van der Waals surface area contributed by atoms with Crippen LogP contribution in [0.5, 0.6) is 0 Å². The molecular weight excluding hydrogens is 389 g/mol. The Morgan fingerprint density at radius 1 is 1.30 bits per heavy atom. The zero-order chi connectivity index (χ0) is 17.0. The van der Waals surface area contributed by atoms with Gasteiger partial charge in [0, 0.05) is 15.2 Å². The topological polar surface area (TPSA) is 55.4 Å². The molecule has 2 aromatic rings. The van der Waals surface area contributed by atoms with E-state index in [1.807, 2.05) is 0 Å². The van der Waals surface area contributed by atoms with E-state index in [0.29, 0.717) is 10.7 Å². The predicted octanol–water partition coefficient (Wildman–Crippen LogP) is 4.35. The Bertz CT molecular complexity index is 767. The third-order valence-corrected chi connectivity index (χ3v) is 4.09. The fraction of sp³-hybridized carbons (Fsp3) is 0.125. The van der Waals surface area contributed by atoms with Crippen molar-refractivity contribution in [3.8, 4) is 0 Å². The molecule has 1 amide bonds. The molecule has 0 unspecified atom stereocenters. The van der Waals surface area contributed by atoms with E-state index >= 15 is 0 Å². The maximum Gasteiger partial charge on any atom is 0.339 e. The number of halogens is 3. The van der Waals surface area contributed by atoms with Crippen LogP contribution in [0.1, 0.15) is 15.9 Å². The molecule has 2 aromatic carbocycles. The van der Waals surface area contributed by atoms with Gasteiger partial charge in [-0.05, 0) is 58.7 Å². The van der Waals surface area contributed by atoms with Gasteiger partial charge >= 0.3 is 5.97 Å². The van der Waals surface area contributed by atoms with Crippen LogP contribution in [0.3, 0.4) is 0 Å².